The van der Waals surface area contributed by atoms with Gasteiger partial charge in [0.25, 0.3) is 5.56 Å². The van der Waals surface area contributed by atoms with E-state index in [1.165, 1.54) is 23.1 Å². The number of nitrogens with zero attached hydrogens (tertiary/aromatic N) is 2. The van der Waals surface area contributed by atoms with Crippen LogP contribution in [0.15, 0.2) is 39.6 Å². The molecule has 0 radical (unpaired) electrons. The Labute approximate surface area is 165 Å². The number of aryl methyl sites for hydroxylation is 2. The first-order valence-corrected chi connectivity index (χ1v) is 10.3. The first-order valence-electron chi connectivity index (χ1n) is 8.46. The normalized spacial score (nSPS) is 11.1. The third kappa shape index (κ3) is 4.58. The highest BCUT2D eigenvalue weighted by Crippen LogP contribution is 2.22. The molecule has 0 bridgehead atoms. The average Bonchev–Trinajstić information content (AvgIpc) is 3.11. The van der Waals surface area contributed by atoms with Gasteiger partial charge in [-0.05, 0) is 42.5 Å². The van der Waals surface area contributed by atoms with Crippen molar-refractivity contribution in [3.05, 3.63) is 51.1 Å². The Morgan fingerprint density at radius 1 is 1.33 bits per heavy atom. The third-order valence-electron chi connectivity index (χ3n) is 4.05. The lowest BCUT2D eigenvalue weighted by Crippen LogP contribution is -2.25. The van der Waals surface area contributed by atoms with Gasteiger partial charge in [0.2, 0.25) is 5.91 Å². The van der Waals surface area contributed by atoms with Crippen molar-refractivity contribution in [2.24, 2.45) is 0 Å². The highest BCUT2D eigenvalue weighted by molar-refractivity contribution is 7.99. The Balaban J connectivity index is 1.78. The molecule has 2 heterocycles. The predicted molar refractivity (Wildman–Crippen MR) is 111 cm³/mol. The zero-order valence-corrected chi connectivity index (χ0v) is 17.1. The number of carbonyl (C=O) groups excluding carboxylic acids is 1. The first-order chi connectivity index (χ1) is 13.0. The van der Waals surface area contributed by atoms with Crippen molar-refractivity contribution in [1.29, 1.82) is 0 Å². The van der Waals surface area contributed by atoms with E-state index >= 15 is 0 Å². The number of thiophene rings is 1. The lowest BCUT2D eigenvalue weighted by Gasteiger charge is -2.12. The van der Waals surface area contributed by atoms with Gasteiger partial charge in [0.15, 0.2) is 5.16 Å². The number of ether oxygens (including phenoxy) is 1. The Hall–Kier alpha value is -2.16. The molecule has 2 aromatic heterocycles. The summed E-state index contributed by atoms with van der Waals surface area (Å²) in [4.78, 5) is 29.7. The number of anilines is 1. The van der Waals surface area contributed by atoms with Crippen LogP contribution in [0.25, 0.3) is 10.2 Å². The molecular formula is C19H21N3O3S2. The van der Waals surface area contributed by atoms with Crippen molar-refractivity contribution < 1.29 is 9.53 Å². The van der Waals surface area contributed by atoms with E-state index in [1.807, 2.05) is 43.5 Å². The molecule has 3 aromatic rings. The van der Waals surface area contributed by atoms with Crippen LogP contribution in [0.3, 0.4) is 0 Å². The molecule has 0 aliphatic rings. The molecule has 1 aromatic carbocycles. The molecule has 8 heteroatoms. The van der Waals surface area contributed by atoms with E-state index in [1.54, 1.807) is 11.7 Å². The number of hydrogen-bond donors (Lipinski definition) is 1. The van der Waals surface area contributed by atoms with Crippen LogP contribution in [-0.2, 0) is 16.1 Å². The maximum absolute atomic E-state index is 12.7. The standard InChI is InChI=1S/C19H21N3O3S2/c1-12-4-5-13(2)15(10-12)20-16(23)11-27-19-21-14-6-9-26-17(14)18(24)22(19)7-8-25-3/h4-6,9-10H,7-8,11H2,1-3H3,(H,20,23). The number of hydrogen-bond acceptors (Lipinski definition) is 6. The SMILES string of the molecule is COCCn1c(SCC(=O)Nc2cc(C)ccc2C)nc2ccsc2c1=O. The molecule has 0 saturated heterocycles. The number of amides is 1. The fourth-order valence-electron chi connectivity index (χ4n) is 2.60. The van der Waals surface area contributed by atoms with Crippen LogP contribution >= 0.6 is 23.1 Å². The van der Waals surface area contributed by atoms with Gasteiger partial charge >= 0.3 is 0 Å². The van der Waals surface area contributed by atoms with Gasteiger partial charge in [-0.25, -0.2) is 4.98 Å². The summed E-state index contributed by atoms with van der Waals surface area (Å²) >= 11 is 2.63. The molecule has 0 aliphatic heterocycles. The Kier molecular flexibility index (Phi) is 6.30. The van der Waals surface area contributed by atoms with Crippen molar-refractivity contribution >= 4 is 44.9 Å². The van der Waals surface area contributed by atoms with Crippen molar-refractivity contribution in [1.82, 2.24) is 9.55 Å². The van der Waals surface area contributed by atoms with Crippen molar-refractivity contribution in [2.45, 2.75) is 25.5 Å². The molecule has 0 atom stereocenters. The van der Waals surface area contributed by atoms with Crippen LogP contribution < -0.4 is 10.9 Å². The Morgan fingerprint density at radius 2 is 2.15 bits per heavy atom. The van der Waals surface area contributed by atoms with Gasteiger partial charge in [0, 0.05) is 12.8 Å². The summed E-state index contributed by atoms with van der Waals surface area (Å²) in [6.07, 6.45) is 0. The van der Waals surface area contributed by atoms with Gasteiger partial charge in [-0.3, -0.25) is 14.2 Å². The summed E-state index contributed by atoms with van der Waals surface area (Å²) in [6.45, 7) is 4.74. The number of aromatic nitrogens is 2. The lowest BCUT2D eigenvalue weighted by molar-refractivity contribution is -0.113. The maximum atomic E-state index is 12.7. The minimum atomic E-state index is -0.133. The molecule has 3 rings (SSSR count). The molecule has 1 amide bonds. The molecule has 142 valence electrons. The number of carbonyl (C=O) groups is 1. The van der Waals surface area contributed by atoms with Crippen LogP contribution in [0.4, 0.5) is 5.69 Å². The van der Waals surface area contributed by atoms with Gasteiger partial charge in [-0.1, -0.05) is 23.9 Å². The molecule has 0 spiro atoms. The number of rotatable bonds is 7. The first kappa shape index (κ1) is 19.6. The zero-order chi connectivity index (χ0) is 19.4. The topological polar surface area (TPSA) is 73.2 Å². The van der Waals surface area contributed by atoms with Gasteiger partial charge in [0.05, 0.1) is 24.4 Å². The zero-order valence-electron chi connectivity index (χ0n) is 15.4. The second-order valence-corrected chi connectivity index (χ2v) is 7.99. The van der Waals surface area contributed by atoms with Crippen molar-refractivity contribution in [2.75, 3.05) is 24.8 Å². The van der Waals surface area contributed by atoms with Crippen LogP contribution in [0.5, 0.6) is 0 Å². The van der Waals surface area contributed by atoms with Crippen molar-refractivity contribution in [3.63, 3.8) is 0 Å². The minimum absolute atomic E-state index is 0.0931. The Bertz CT molecular complexity index is 1030. The van der Waals surface area contributed by atoms with E-state index < -0.39 is 0 Å². The monoisotopic (exact) mass is 403 g/mol. The number of nitrogens with one attached hydrogen (secondary N) is 1. The summed E-state index contributed by atoms with van der Waals surface area (Å²) in [7, 11) is 1.59. The largest absolute Gasteiger partial charge is 0.383 e. The Morgan fingerprint density at radius 3 is 2.93 bits per heavy atom. The number of methoxy groups -OCH3 is 1. The smallest absolute Gasteiger partial charge is 0.272 e. The molecule has 27 heavy (non-hydrogen) atoms. The molecule has 0 unspecified atom stereocenters. The molecule has 0 saturated carbocycles. The average molecular weight is 404 g/mol. The summed E-state index contributed by atoms with van der Waals surface area (Å²) < 4.78 is 7.31. The van der Waals surface area contributed by atoms with Gasteiger partial charge in [0.1, 0.15) is 4.70 Å². The lowest BCUT2D eigenvalue weighted by atomic mass is 10.1. The van der Waals surface area contributed by atoms with E-state index in [0.717, 1.165) is 16.8 Å². The van der Waals surface area contributed by atoms with E-state index in [0.29, 0.717) is 28.5 Å². The van der Waals surface area contributed by atoms with Gasteiger partial charge in [-0.2, -0.15) is 0 Å². The second-order valence-electron chi connectivity index (χ2n) is 6.13. The predicted octanol–water partition coefficient (Wildman–Crippen LogP) is 3.45. The molecule has 0 aliphatic carbocycles. The van der Waals surface area contributed by atoms with Crippen LogP contribution in [-0.4, -0.2) is 34.9 Å². The minimum Gasteiger partial charge on any atom is -0.383 e. The summed E-state index contributed by atoms with van der Waals surface area (Å²) in [5.74, 6) is 0.0364. The summed E-state index contributed by atoms with van der Waals surface area (Å²) in [5, 5.41) is 5.31. The maximum Gasteiger partial charge on any atom is 0.272 e. The quantitative estimate of drug-likeness (QED) is 0.483. The van der Waals surface area contributed by atoms with E-state index in [4.69, 9.17) is 4.74 Å². The van der Waals surface area contributed by atoms with E-state index in [9.17, 15) is 9.59 Å². The van der Waals surface area contributed by atoms with Crippen molar-refractivity contribution in [3.8, 4) is 0 Å². The third-order valence-corrected chi connectivity index (χ3v) is 5.92. The molecule has 0 fully saturated rings. The summed E-state index contributed by atoms with van der Waals surface area (Å²) in [5.41, 5.74) is 3.47. The number of benzene rings is 1. The molecule has 6 nitrogen and oxygen atoms in total. The second kappa shape index (κ2) is 8.69. The summed E-state index contributed by atoms with van der Waals surface area (Å²) in [6, 6.07) is 7.76. The molecular weight excluding hydrogens is 382 g/mol. The highest BCUT2D eigenvalue weighted by atomic mass is 32.2. The van der Waals surface area contributed by atoms with E-state index in [-0.39, 0.29) is 17.2 Å². The van der Waals surface area contributed by atoms with Crippen LogP contribution in [0.2, 0.25) is 0 Å². The highest BCUT2D eigenvalue weighted by Gasteiger charge is 2.14. The molecule has 1 N–H and O–H groups in total. The number of fused-ring (bicyclic) bond motifs is 1. The fourth-order valence-corrected chi connectivity index (χ4v) is 4.20. The van der Waals surface area contributed by atoms with Crippen LogP contribution in [0.1, 0.15) is 11.1 Å². The fraction of sp³-hybridized carbons (Fsp3) is 0.316. The van der Waals surface area contributed by atoms with Crippen LogP contribution in [0, 0.1) is 13.8 Å². The number of thioether (sulfide) groups is 1. The van der Waals surface area contributed by atoms with Gasteiger partial charge < -0.3 is 10.1 Å². The van der Waals surface area contributed by atoms with E-state index in [2.05, 4.69) is 10.3 Å². The van der Waals surface area contributed by atoms with Gasteiger partial charge in [-0.15, -0.1) is 11.3 Å².